The molecule has 5 nitrogen and oxygen atoms in total. The number of ether oxygens (including phenoxy) is 1. The Morgan fingerprint density at radius 3 is 2.45 bits per heavy atom. The van der Waals surface area contributed by atoms with Gasteiger partial charge in [0.2, 0.25) is 0 Å². The van der Waals surface area contributed by atoms with E-state index in [1.54, 1.807) is 11.1 Å². The molecule has 164 valence electrons. The van der Waals surface area contributed by atoms with Gasteiger partial charge in [-0.3, -0.25) is 9.78 Å². The molecule has 0 unspecified atom stereocenters. The van der Waals surface area contributed by atoms with Gasteiger partial charge in [-0.2, -0.15) is 0 Å². The van der Waals surface area contributed by atoms with Gasteiger partial charge in [-0.25, -0.2) is 4.39 Å². The summed E-state index contributed by atoms with van der Waals surface area (Å²) in [5.74, 6) is 0.104. The van der Waals surface area contributed by atoms with Crippen LogP contribution in [0.15, 0.2) is 54.7 Å². The van der Waals surface area contributed by atoms with Crippen molar-refractivity contribution in [2.75, 3.05) is 6.54 Å². The van der Waals surface area contributed by atoms with Crippen LogP contribution in [0, 0.1) is 12.7 Å². The fraction of sp³-hybridized carbons (Fsp3) is 0.217. The second kappa shape index (κ2) is 10.6. The lowest BCUT2D eigenvalue weighted by Gasteiger charge is -2.16. The van der Waals surface area contributed by atoms with E-state index in [9.17, 15) is 9.18 Å². The summed E-state index contributed by atoms with van der Waals surface area (Å²) in [4.78, 5) is 18.8. The van der Waals surface area contributed by atoms with Gasteiger partial charge in [0.25, 0.3) is 5.91 Å². The summed E-state index contributed by atoms with van der Waals surface area (Å²) >= 11 is 0. The lowest BCUT2D eigenvalue weighted by molar-refractivity contribution is 0.0746. The maximum atomic E-state index is 14.4. The van der Waals surface area contributed by atoms with E-state index in [1.807, 2.05) is 37.3 Å². The highest BCUT2D eigenvalue weighted by Crippen LogP contribution is 2.28. The fourth-order valence-electron chi connectivity index (χ4n) is 3.47. The third-order valence-corrected chi connectivity index (χ3v) is 4.99. The molecule has 0 saturated heterocycles. The van der Waals surface area contributed by atoms with E-state index >= 15 is 0 Å². The van der Waals surface area contributed by atoms with Crippen molar-refractivity contribution in [1.29, 1.82) is 0 Å². The van der Waals surface area contributed by atoms with Gasteiger partial charge in [0.15, 0.2) is 0 Å². The van der Waals surface area contributed by atoms with Crippen LogP contribution in [-0.2, 0) is 19.5 Å². The van der Waals surface area contributed by atoms with Crippen molar-refractivity contribution in [1.82, 2.24) is 9.88 Å². The molecule has 1 aromatic heterocycles. The van der Waals surface area contributed by atoms with Crippen LogP contribution in [0.1, 0.15) is 32.7 Å². The molecular formula is C23H24Cl2FN3O2. The first-order valence-electron chi connectivity index (χ1n) is 9.53. The van der Waals surface area contributed by atoms with Crippen LogP contribution in [-0.4, -0.2) is 22.3 Å². The van der Waals surface area contributed by atoms with Gasteiger partial charge in [-0.05, 0) is 73.0 Å². The van der Waals surface area contributed by atoms with Gasteiger partial charge in [0.05, 0.1) is 5.56 Å². The summed E-state index contributed by atoms with van der Waals surface area (Å²) < 4.78 is 20.2. The van der Waals surface area contributed by atoms with Crippen molar-refractivity contribution in [3.63, 3.8) is 0 Å². The Bertz CT molecular complexity index is 1060. The molecule has 2 N–H and O–H groups in total. The standard InChI is InChI=1S/C23H22FN3O2.2ClH/c1-15-10-17-13-27(14-18(17)12-26-15)23(28)21-11-20(6-7-22(21)24)29-19-4-2-16(3-5-19)8-9-25;;/h2-7,10-12H,8-9,13-14,25H2,1H3;2*1H. The van der Waals surface area contributed by atoms with Crippen molar-refractivity contribution in [3.8, 4) is 11.5 Å². The molecule has 0 spiro atoms. The number of aryl methyl sites for hydroxylation is 1. The summed E-state index contributed by atoms with van der Waals surface area (Å²) in [5.41, 5.74) is 9.63. The number of halogens is 3. The molecule has 1 amide bonds. The number of nitrogens with zero attached hydrogens (tertiary/aromatic N) is 2. The zero-order chi connectivity index (χ0) is 20.4. The van der Waals surface area contributed by atoms with E-state index in [4.69, 9.17) is 10.5 Å². The molecule has 0 saturated carbocycles. The number of carbonyl (C=O) groups is 1. The normalized spacial score (nSPS) is 11.9. The molecule has 3 aromatic rings. The van der Waals surface area contributed by atoms with Crippen LogP contribution in [0.5, 0.6) is 11.5 Å². The molecule has 31 heavy (non-hydrogen) atoms. The first-order valence-corrected chi connectivity index (χ1v) is 9.53. The van der Waals surface area contributed by atoms with E-state index in [2.05, 4.69) is 4.98 Å². The number of rotatable bonds is 5. The quantitative estimate of drug-likeness (QED) is 0.588. The predicted molar refractivity (Wildman–Crippen MR) is 123 cm³/mol. The third kappa shape index (κ3) is 5.53. The van der Waals surface area contributed by atoms with Crippen molar-refractivity contribution >= 4 is 30.7 Å². The molecule has 4 rings (SSSR count). The van der Waals surface area contributed by atoms with E-state index < -0.39 is 5.82 Å². The van der Waals surface area contributed by atoms with Gasteiger partial charge >= 0.3 is 0 Å². The van der Waals surface area contributed by atoms with Crippen molar-refractivity contribution in [2.45, 2.75) is 26.4 Å². The Hall–Kier alpha value is -2.67. The molecule has 1 aliphatic heterocycles. The minimum absolute atomic E-state index is 0. The average molecular weight is 464 g/mol. The molecule has 0 atom stereocenters. The SMILES string of the molecule is Cc1cc2c(cn1)CN(C(=O)c1cc(Oc3ccc(CCN)cc3)ccc1F)C2.Cl.Cl. The summed E-state index contributed by atoms with van der Waals surface area (Å²) in [6.07, 6.45) is 2.57. The molecule has 0 bridgehead atoms. The largest absolute Gasteiger partial charge is 0.457 e. The second-order valence-electron chi connectivity index (χ2n) is 7.18. The van der Waals surface area contributed by atoms with Crippen LogP contribution in [0.25, 0.3) is 0 Å². The van der Waals surface area contributed by atoms with Gasteiger partial charge < -0.3 is 15.4 Å². The first-order chi connectivity index (χ1) is 14.0. The predicted octanol–water partition coefficient (Wildman–Crippen LogP) is 4.82. The Morgan fingerprint density at radius 1 is 1.06 bits per heavy atom. The zero-order valence-electron chi connectivity index (χ0n) is 17.0. The lowest BCUT2D eigenvalue weighted by atomic mass is 10.1. The fourth-order valence-corrected chi connectivity index (χ4v) is 3.47. The number of benzene rings is 2. The number of fused-ring (bicyclic) bond motifs is 1. The monoisotopic (exact) mass is 463 g/mol. The molecule has 2 heterocycles. The second-order valence-corrected chi connectivity index (χ2v) is 7.18. The molecule has 0 radical (unpaired) electrons. The number of pyridine rings is 1. The van der Waals surface area contributed by atoms with Crippen LogP contribution >= 0.6 is 24.8 Å². The Balaban J connectivity index is 0.00000171. The van der Waals surface area contributed by atoms with Crippen LogP contribution in [0.2, 0.25) is 0 Å². The number of aromatic nitrogens is 1. The summed E-state index contributed by atoms with van der Waals surface area (Å²) in [7, 11) is 0. The molecule has 1 aliphatic rings. The van der Waals surface area contributed by atoms with E-state index in [0.717, 1.165) is 28.8 Å². The van der Waals surface area contributed by atoms with E-state index in [-0.39, 0.29) is 36.3 Å². The van der Waals surface area contributed by atoms with Gasteiger partial charge in [0, 0.05) is 25.0 Å². The van der Waals surface area contributed by atoms with Crippen LogP contribution in [0.3, 0.4) is 0 Å². The number of hydrogen-bond acceptors (Lipinski definition) is 4. The molecular weight excluding hydrogens is 440 g/mol. The molecule has 8 heteroatoms. The number of carbonyl (C=O) groups excluding carboxylic acids is 1. The summed E-state index contributed by atoms with van der Waals surface area (Å²) in [5, 5.41) is 0. The maximum Gasteiger partial charge on any atom is 0.257 e. The van der Waals surface area contributed by atoms with Crippen LogP contribution < -0.4 is 10.5 Å². The van der Waals surface area contributed by atoms with Crippen molar-refractivity contribution in [3.05, 3.63) is 88.5 Å². The minimum Gasteiger partial charge on any atom is -0.457 e. The van der Waals surface area contributed by atoms with Gasteiger partial charge in [0.1, 0.15) is 17.3 Å². The molecule has 0 aliphatic carbocycles. The molecule has 2 aromatic carbocycles. The Kier molecular flexibility index (Phi) is 8.39. The average Bonchev–Trinajstić information content (AvgIpc) is 3.14. The number of amides is 1. The third-order valence-electron chi connectivity index (χ3n) is 4.99. The summed E-state index contributed by atoms with van der Waals surface area (Å²) in [6.45, 7) is 3.37. The topological polar surface area (TPSA) is 68.5 Å². The molecule has 0 fully saturated rings. The van der Waals surface area contributed by atoms with Crippen molar-refractivity contribution < 1.29 is 13.9 Å². The highest BCUT2D eigenvalue weighted by Gasteiger charge is 2.26. The van der Waals surface area contributed by atoms with Crippen LogP contribution in [0.4, 0.5) is 4.39 Å². The van der Waals surface area contributed by atoms with Gasteiger partial charge in [-0.15, -0.1) is 24.8 Å². The maximum absolute atomic E-state index is 14.4. The highest BCUT2D eigenvalue weighted by atomic mass is 35.5. The summed E-state index contributed by atoms with van der Waals surface area (Å²) in [6, 6.07) is 13.8. The Labute approximate surface area is 193 Å². The first kappa shape index (κ1) is 24.6. The lowest BCUT2D eigenvalue weighted by Crippen LogP contribution is -2.26. The number of nitrogens with two attached hydrogens (primary N) is 1. The van der Waals surface area contributed by atoms with E-state index in [0.29, 0.717) is 31.1 Å². The Morgan fingerprint density at radius 2 is 1.74 bits per heavy atom. The van der Waals surface area contributed by atoms with Crippen molar-refractivity contribution in [2.24, 2.45) is 5.73 Å². The van der Waals surface area contributed by atoms with E-state index in [1.165, 1.54) is 18.2 Å². The smallest absolute Gasteiger partial charge is 0.257 e. The van der Waals surface area contributed by atoms with Gasteiger partial charge in [-0.1, -0.05) is 12.1 Å². The zero-order valence-corrected chi connectivity index (χ0v) is 18.6. The minimum atomic E-state index is -0.564. The number of hydrogen-bond donors (Lipinski definition) is 1. The highest BCUT2D eigenvalue weighted by molar-refractivity contribution is 5.95.